The number of benzene rings is 1. The summed E-state index contributed by atoms with van der Waals surface area (Å²) >= 11 is 0. The summed E-state index contributed by atoms with van der Waals surface area (Å²) < 4.78 is 19.2. The van der Waals surface area contributed by atoms with E-state index in [1.54, 1.807) is 0 Å². The number of aliphatic hydroxyl groups is 1. The Morgan fingerprint density at radius 2 is 2.38 bits per heavy atom. The highest BCUT2D eigenvalue weighted by molar-refractivity contribution is 5.95. The van der Waals surface area contributed by atoms with Crippen LogP contribution in [0.3, 0.4) is 0 Å². The number of aliphatic hydroxyl groups excluding tert-OH is 1. The topological polar surface area (TPSA) is 58.6 Å². The number of rotatable bonds is 2. The molecule has 1 aromatic rings. The van der Waals surface area contributed by atoms with Crippen molar-refractivity contribution >= 4 is 5.91 Å². The van der Waals surface area contributed by atoms with Gasteiger partial charge in [-0.25, -0.2) is 4.39 Å². The summed E-state index contributed by atoms with van der Waals surface area (Å²) in [5.41, 5.74) is 0.467. The molecule has 0 saturated carbocycles. The van der Waals surface area contributed by atoms with Crippen molar-refractivity contribution in [1.29, 1.82) is 0 Å². The first kappa shape index (κ1) is 15.5. The lowest BCUT2D eigenvalue weighted by Gasteiger charge is -2.28. The van der Waals surface area contributed by atoms with Crippen molar-refractivity contribution in [3.63, 3.8) is 0 Å². The third-order valence-corrected chi connectivity index (χ3v) is 3.34. The molecular formula is C16H18FNO3. The molecule has 1 saturated heterocycles. The van der Waals surface area contributed by atoms with Crippen LogP contribution in [0, 0.1) is 17.7 Å². The third-order valence-electron chi connectivity index (χ3n) is 3.34. The van der Waals surface area contributed by atoms with Gasteiger partial charge in [-0.15, -0.1) is 0 Å². The molecule has 1 heterocycles. The lowest BCUT2D eigenvalue weighted by molar-refractivity contribution is 0.0136. The zero-order valence-electron chi connectivity index (χ0n) is 11.9. The normalized spacial score (nSPS) is 21.3. The molecule has 0 aliphatic carbocycles. The van der Waals surface area contributed by atoms with E-state index < -0.39 is 11.7 Å². The molecule has 0 spiro atoms. The van der Waals surface area contributed by atoms with Crippen LogP contribution in [0.4, 0.5) is 4.39 Å². The maximum atomic E-state index is 13.8. The minimum absolute atomic E-state index is 0.00664. The third kappa shape index (κ3) is 4.28. The number of nitrogens with one attached hydrogen (secondary N) is 1. The van der Waals surface area contributed by atoms with E-state index in [9.17, 15) is 9.18 Å². The lowest BCUT2D eigenvalue weighted by Crippen LogP contribution is -2.41. The summed E-state index contributed by atoms with van der Waals surface area (Å²) in [7, 11) is 0. The molecule has 0 radical (unpaired) electrons. The van der Waals surface area contributed by atoms with E-state index in [2.05, 4.69) is 17.2 Å². The van der Waals surface area contributed by atoms with Crippen LogP contribution in [0.15, 0.2) is 18.2 Å². The van der Waals surface area contributed by atoms with Gasteiger partial charge in [0.2, 0.25) is 0 Å². The van der Waals surface area contributed by atoms with Crippen molar-refractivity contribution in [1.82, 2.24) is 5.32 Å². The van der Waals surface area contributed by atoms with Gasteiger partial charge in [0.1, 0.15) is 12.4 Å². The maximum absolute atomic E-state index is 13.8. The number of carbonyl (C=O) groups is 1. The summed E-state index contributed by atoms with van der Waals surface area (Å²) in [4.78, 5) is 12.2. The van der Waals surface area contributed by atoms with E-state index in [4.69, 9.17) is 9.84 Å². The molecule has 2 rings (SSSR count). The Kier molecular flexibility index (Phi) is 5.32. The molecule has 1 aromatic carbocycles. The number of hydrogen-bond donors (Lipinski definition) is 2. The SMILES string of the molecule is CC1CC(NC(=O)c2cc(C#CCO)ccc2F)CCO1. The van der Waals surface area contributed by atoms with E-state index in [1.165, 1.54) is 18.2 Å². The van der Waals surface area contributed by atoms with Crippen LogP contribution < -0.4 is 5.32 Å². The van der Waals surface area contributed by atoms with Gasteiger partial charge in [0, 0.05) is 18.2 Å². The monoisotopic (exact) mass is 291 g/mol. The van der Waals surface area contributed by atoms with Crippen LogP contribution in [0.25, 0.3) is 0 Å². The summed E-state index contributed by atoms with van der Waals surface area (Å²) in [5, 5.41) is 11.5. The zero-order valence-corrected chi connectivity index (χ0v) is 11.9. The second-order valence-electron chi connectivity index (χ2n) is 5.03. The number of carbonyl (C=O) groups excluding carboxylic acids is 1. The Bertz CT molecular complexity index is 577. The molecule has 1 amide bonds. The summed E-state index contributed by atoms with van der Waals surface area (Å²) in [6.07, 6.45) is 1.54. The van der Waals surface area contributed by atoms with Crippen LogP contribution in [-0.2, 0) is 4.74 Å². The van der Waals surface area contributed by atoms with Gasteiger partial charge >= 0.3 is 0 Å². The quantitative estimate of drug-likeness (QED) is 0.811. The van der Waals surface area contributed by atoms with Crippen molar-refractivity contribution in [3.05, 3.63) is 35.1 Å². The number of halogens is 1. The Hall–Kier alpha value is -1.90. The van der Waals surface area contributed by atoms with Crippen LogP contribution >= 0.6 is 0 Å². The summed E-state index contributed by atoms with van der Waals surface area (Å²) in [5.74, 6) is 4.11. The highest BCUT2D eigenvalue weighted by Crippen LogP contribution is 2.15. The molecule has 1 fully saturated rings. The highest BCUT2D eigenvalue weighted by atomic mass is 19.1. The van der Waals surface area contributed by atoms with Crippen LogP contribution in [0.5, 0.6) is 0 Å². The average Bonchev–Trinajstić information content (AvgIpc) is 2.46. The van der Waals surface area contributed by atoms with E-state index in [1.807, 2.05) is 6.92 Å². The minimum atomic E-state index is -0.581. The molecular weight excluding hydrogens is 273 g/mol. The van der Waals surface area contributed by atoms with Crippen LogP contribution in [-0.4, -0.2) is 36.4 Å². The maximum Gasteiger partial charge on any atom is 0.254 e. The number of amides is 1. The van der Waals surface area contributed by atoms with Gasteiger partial charge in [0.25, 0.3) is 5.91 Å². The first-order valence-corrected chi connectivity index (χ1v) is 6.92. The lowest BCUT2D eigenvalue weighted by atomic mass is 10.0. The Balaban J connectivity index is 2.10. The fourth-order valence-corrected chi connectivity index (χ4v) is 2.31. The fourth-order valence-electron chi connectivity index (χ4n) is 2.31. The predicted octanol–water partition coefficient (Wildman–Crippen LogP) is 1.47. The van der Waals surface area contributed by atoms with E-state index >= 15 is 0 Å². The van der Waals surface area contributed by atoms with Gasteiger partial charge in [-0.05, 0) is 38.0 Å². The van der Waals surface area contributed by atoms with E-state index in [0.29, 0.717) is 12.2 Å². The molecule has 0 bridgehead atoms. The van der Waals surface area contributed by atoms with Crippen molar-refractivity contribution in [3.8, 4) is 11.8 Å². The van der Waals surface area contributed by atoms with E-state index in [-0.39, 0.29) is 24.3 Å². The minimum Gasteiger partial charge on any atom is -0.384 e. The molecule has 1 aliphatic rings. The largest absolute Gasteiger partial charge is 0.384 e. The standard InChI is InChI=1S/C16H18FNO3/c1-11-9-13(6-8-21-11)18-16(20)14-10-12(3-2-7-19)4-5-15(14)17/h4-5,10-11,13,19H,6-9H2,1H3,(H,18,20). The predicted molar refractivity (Wildman–Crippen MR) is 76.3 cm³/mol. The molecule has 4 nitrogen and oxygen atoms in total. The molecule has 2 atom stereocenters. The van der Waals surface area contributed by atoms with Gasteiger partial charge in [-0.2, -0.15) is 0 Å². The fraction of sp³-hybridized carbons (Fsp3) is 0.438. The smallest absolute Gasteiger partial charge is 0.254 e. The second kappa shape index (κ2) is 7.21. The Morgan fingerprint density at radius 1 is 1.57 bits per heavy atom. The molecule has 2 unspecified atom stereocenters. The van der Waals surface area contributed by atoms with E-state index in [0.717, 1.165) is 12.8 Å². The first-order valence-electron chi connectivity index (χ1n) is 6.92. The van der Waals surface area contributed by atoms with Gasteiger partial charge < -0.3 is 15.2 Å². The molecule has 21 heavy (non-hydrogen) atoms. The second-order valence-corrected chi connectivity index (χ2v) is 5.03. The summed E-state index contributed by atoms with van der Waals surface area (Å²) in [6.45, 7) is 2.26. The molecule has 112 valence electrons. The summed E-state index contributed by atoms with van der Waals surface area (Å²) in [6, 6.07) is 4.08. The van der Waals surface area contributed by atoms with Gasteiger partial charge in [-0.1, -0.05) is 11.8 Å². The molecule has 1 aliphatic heterocycles. The van der Waals surface area contributed by atoms with Gasteiger partial charge in [0.15, 0.2) is 0 Å². The van der Waals surface area contributed by atoms with Gasteiger partial charge in [0.05, 0.1) is 11.7 Å². The first-order chi connectivity index (χ1) is 10.1. The van der Waals surface area contributed by atoms with Crippen molar-refractivity contribution in [2.75, 3.05) is 13.2 Å². The Morgan fingerprint density at radius 3 is 3.10 bits per heavy atom. The molecule has 2 N–H and O–H groups in total. The average molecular weight is 291 g/mol. The van der Waals surface area contributed by atoms with Crippen LogP contribution in [0.1, 0.15) is 35.7 Å². The zero-order chi connectivity index (χ0) is 15.2. The molecule has 5 heteroatoms. The van der Waals surface area contributed by atoms with Crippen LogP contribution in [0.2, 0.25) is 0 Å². The van der Waals surface area contributed by atoms with Crippen molar-refractivity contribution in [2.45, 2.75) is 31.9 Å². The Labute approximate surface area is 123 Å². The number of hydrogen-bond acceptors (Lipinski definition) is 3. The number of ether oxygens (including phenoxy) is 1. The van der Waals surface area contributed by atoms with Gasteiger partial charge in [-0.3, -0.25) is 4.79 Å². The highest BCUT2D eigenvalue weighted by Gasteiger charge is 2.22. The molecule has 0 aromatic heterocycles. The van der Waals surface area contributed by atoms with Crippen molar-refractivity contribution < 1.29 is 19.0 Å². The van der Waals surface area contributed by atoms with Crippen molar-refractivity contribution in [2.24, 2.45) is 0 Å².